The van der Waals surface area contributed by atoms with Gasteiger partial charge >= 0.3 is 0 Å². The molecule has 6 nitrogen and oxygen atoms in total. The van der Waals surface area contributed by atoms with Crippen molar-refractivity contribution in [1.29, 1.82) is 0 Å². The van der Waals surface area contributed by atoms with E-state index in [2.05, 4.69) is 0 Å². The highest BCUT2D eigenvalue weighted by Crippen LogP contribution is 2.45. The van der Waals surface area contributed by atoms with E-state index in [1.54, 1.807) is 0 Å². The van der Waals surface area contributed by atoms with Gasteiger partial charge in [-0.15, -0.1) is 0 Å². The minimum atomic E-state index is -2.10. The van der Waals surface area contributed by atoms with E-state index in [-0.39, 0.29) is 18.0 Å². The fourth-order valence-corrected chi connectivity index (χ4v) is 1.90. The second kappa shape index (κ2) is 4.38. The zero-order valence-corrected chi connectivity index (χ0v) is 11.3. The van der Waals surface area contributed by atoms with Gasteiger partial charge in [0.2, 0.25) is 11.6 Å². The van der Waals surface area contributed by atoms with Crippen molar-refractivity contribution >= 4 is 11.6 Å². The molecule has 1 heterocycles. The quantitative estimate of drug-likeness (QED) is 0.699. The smallest absolute Gasteiger partial charge is 0.224 e. The predicted molar refractivity (Wildman–Crippen MR) is 61.6 cm³/mol. The van der Waals surface area contributed by atoms with Crippen molar-refractivity contribution in [2.45, 2.75) is 64.3 Å². The maximum Gasteiger partial charge on any atom is 0.224 e. The van der Waals surface area contributed by atoms with Gasteiger partial charge in [-0.2, -0.15) is 0 Å². The largest absolute Gasteiger partial charge is 0.361 e. The number of carbonyl (C=O) groups is 2. The van der Waals surface area contributed by atoms with Gasteiger partial charge in [-0.1, -0.05) is 0 Å². The first kappa shape index (κ1) is 15.2. The van der Waals surface area contributed by atoms with E-state index in [1.807, 2.05) is 0 Å². The number of Topliss-reactive ketones (excluding diaryl/α,β-unsaturated/α-hetero) is 2. The molecule has 1 saturated heterocycles. The molecule has 1 aliphatic heterocycles. The van der Waals surface area contributed by atoms with Gasteiger partial charge in [-0.3, -0.25) is 9.59 Å². The van der Waals surface area contributed by atoms with Crippen LogP contribution in [0.25, 0.3) is 0 Å². The van der Waals surface area contributed by atoms with Crippen LogP contribution >= 0.6 is 0 Å². The Hall–Kier alpha value is -0.820. The van der Waals surface area contributed by atoms with Gasteiger partial charge in [0, 0.05) is 6.42 Å². The molecule has 1 aliphatic rings. The van der Waals surface area contributed by atoms with Crippen molar-refractivity contribution in [2.75, 3.05) is 0 Å². The molecule has 6 heteroatoms. The summed E-state index contributed by atoms with van der Waals surface area (Å²) in [6.07, 6.45) is -1.14. The van der Waals surface area contributed by atoms with Gasteiger partial charge in [0.1, 0.15) is 11.7 Å². The van der Waals surface area contributed by atoms with Crippen LogP contribution in [0.5, 0.6) is 0 Å². The van der Waals surface area contributed by atoms with E-state index >= 15 is 0 Å². The van der Waals surface area contributed by atoms with Crippen molar-refractivity contribution in [1.82, 2.24) is 0 Å². The Kier molecular flexibility index (Phi) is 3.71. The fraction of sp³-hybridized carbons (Fsp3) is 0.833. The monoisotopic (exact) mass is 260 g/mol. The summed E-state index contributed by atoms with van der Waals surface area (Å²) in [5.74, 6) is -4.79. The molecule has 0 spiro atoms. The maximum absolute atomic E-state index is 11.5. The third-order valence-electron chi connectivity index (χ3n) is 3.41. The standard InChI is InChI=1S/C12H20O6/c1-7(13)8(2)17-12(16)6-10(4,9(3)14)18-11(12,5)15/h8,15-16H,6H2,1-5H3/t8-,10-,11?,12-/m1/s1. The van der Waals surface area contributed by atoms with Crippen molar-refractivity contribution in [3.63, 3.8) is 0 Å². The molecule has 4 atom stereocenters. The summed E-state index contributed by atoms with van der Waals surface area (Å²) < 4.78 is 10.4. The molecule has 0 radical (unpaired) electrons. The summed E-state index contributed by atoms with van der Waals surface area (Å²) in [5.41, 5.74) is -1.34. The van der Waals surface area contributed by atoms with Crippen LogP contribution in [0, 0.1) is 0 Å². The molecular weight excluding hydrogens is 240 g/mol. The van der Waals surface area contributed by atoms with Crippen LogP contribution in [0.3, 0.4) is 0 Å². The number of ketones is 2. The van der Waals surface area contributed by atoms with Gasteiger partial charge < -0.3 is 19.7 Å². The highest BCUT2D eigenvalue weighted by molar-refractivity contribution is 5.85. The van der Waals surface area contributed by atoms with Gasteiger partial charge in [0.05, 0.1) is 0 Å². The zero-order chi connectivity index (χ0) is 14.4. The number of aliphatic hydroxyl groups is 2. The third-order valence-corrected chi connectivity index (χ3v) is 3.41. The molecule has 0 aromatic heterocycles. The second-order valence-electron chi connectivity index (χ2n) is 5.20. The molecule has 0 saturated carbocycles. The van der Waals surface area contributed by atoms with E-state index in [0.717, 1.165) is 0 Å². The minimum Gasteiger partial charge on any atom is -0.361 e. The minimum absolute atomic E-state index is 0.236. The molecular formula is C12H20O6. The third kappa shape index (κ3) is 2.47. The van der Waals surface area contributed by atoms with Gasteiger partial charge in [0.15, 0.2) is 11.6 Å². The molecule has 0 aromatic carbocycles. The lowest BCUT2D eigenvalue weighted by molar-refractivity contribution is -0.349. The summed E-state index contributed by atoms with van der Waals surface area (Å²) in [6.45, 7) is 6.73. The average molecular weight is 260 g/mol. The highest BCUT2D eigenvalue weighted by atomic mass is 16.7. The van der Waals surface area contributed by atoms with Crippen LogP contribution in [0.1, 0.15) is 41.0 Å². The number of hydrogen-bond donors (Lipinski definition) is 2. The number of hydrogen-bond acceptors (Lipinski definition) is 6. The lowest BCUT2D eigenvalue weighted by Gasteiger charge is -2.34. The first-order valence-corrected chi connectivity index (χ1v) is 5.78. The fourth-order valence-electron chi connectivity index (χ4n) is 1.90. The molecule has 1 rings (SSSR count). The molecule has 104 valence electrons. The molecule has 0 bridgehead atoms. The zero-order valence-electron chi connectivity index (χ0n) is 11.3. The topological polar surface area (TPSA) is 93.1 Å². The molecule has 2 N–H and O–H groups in total. The summed E-state index contributed by atoms with van der Waals surface area (Å²) in [6, 6.07) is 0. The molecule has 1 fully saturated rings. The van der Waals surface area contributed by atoms with Crippen LogP contribution in [0.2, 0.25) is 0 Å². The van der Waals surface area contributed by atoms with Crippen LogP contribution in [0.15, 0.2) is 0 Å². The van der Waals surface area contributed by atoms with Crippen molar-refractivity contribution in [3.05, 3.63) is 0 Å². The lowest BCUT2D eigenvalue weighted by Crippen LogP contribution is -2.52. The normalized spacial score (nSPS) is 41.7. The number of carbonyl (C=O) groups excluding carboxylic acids is 2. The highest BCUT2D eigenvalue weighted by Gasteiger charge is 2.63. The summed E-state index contributed by atoms with van der Waals surface area (Å²) in [4.78, 5) is 22.6. The summed E-state index contributed by atoms with van der Waals surface area (Å²) >= 11 is 0. The Labute approximate surface area is 106 Å². The van der Waals surface area contributed by atoms with E-state index in [4.69, 9.17) is 9.47 Å². The van der Waals surface area contributed by atoms with Gasteiger partial charge in [0.25, 0.3) is 0 Å². The van der Waals surface area contributed by atoms with E-state index in [9.17, 15) is 19.8 Å². The van der Waals surface area contributed by atoms with Gasteiger partial charge in [-0.05, 0) is 34.6 Å². The van der Waals surface area contributed by atoms with Crippen molar-refractivity contribution < 1.29 is 29.3 Å². The number of rotatable bonds is 4. The number of ether oxygens (including phenoxy) is 2. The van der Waals surface area contributed by atoms with Crippen LogP contribution in [0.4, 0.5) is 0 Å². The molecule has 0 aliphatic carbocycles. The van der Waals surface area contributed by atoms with Crippen LogP contribution < -0.4 is 0 Å². The predicted octanol–water partition coefficient (Wildman–Crippen LogP) is 0.146. The van der Waals surface area contributed by atoms with Crippen LogP contribution in [-0.4, -0.2) is 45.1 Å². The first-order valence-electron chi connectivity index (χ1n) is 5.78. The van der Waals surface area contributed by atoms with Gasteiger partial charge in [-0.25, -0.2) is 0 Å². The lowest BCUT2D eigenvalue weighted by atomic mass is 9.93. The van der Waals surface area contributed by atoms with E-state index in [1.165, 1.54) is 34.6 Å². The van der Waals surface area contributed by atoms with Crippen molar-refractivity contribution in [3.8, 4) is 0 Å². The Morgan fingerprint density at radius 2 is 1.78 bits per heavy atom. The molecule has 0 aromatic rings. The van der Waals surface area contributed by atoms with E-state index < -0.39 is 23.3 Å². The van der Waals surface area contributed by atoms with E-state index in [0.29, 0.717) is 0 Å². The Morgan fingerprint density at radius 3 is 2.11 bits per heavy atom. The summed E-state index contributed by atoms with van der Waals surface area (Å²) in [7, 11) is 0. The SMILES string of the molecule is CC(=O)[C@@H](C)O[C@]1(O)C[C@](C)(C(C)=O)OC1(C)O. The Bertz CT molecular complexity index is 377. The summed E-state index contributed by atoms with van der Waals surface area (Å²) in [5, 5.41) is 20.4. The molecule has 18 heavy (non-hydrogen) atoms. The maximum atomic E-state index is 11.5. The van der Waals surface area contributed by atoms with Crippen molar-refractivity contribution in [2.24, 2.45) is 0 Å². The first-order chi connectivity index (χ1) is 7.93. The molecule has 1 unspecified atom stereocenters. The Morgan fingerprint density at radius 1 is 1.28 bits per heavy atom. The van der Waals surface area contributed by atoms with Crippen LogP contribution in [-0.2, 0) is 19.1 Å². The Balaban J connectivity index is 3.01. The average Bonchev–Trinajstić information content (AvgIpc) is 2.32. The molecule has 0 amide bonds. The second-order valence-corrected chi connectivity index (χ2v) is 5.20.